The first-order chi connectivity index (χ1) is 17.0. The van der Waals surface area contributed by atoms with Gasteiger partial charge in [0.2, 0.25) is 5.91 Å². The Kier molecular flexibility index (Phi) is 7.35. The van der Waals surface area contributed by atoms with Gasteiger partial charge in [-0.05, 0) is 55.0 Å². The van der Waals surface area contributed by atoms with E-state index in [1.54, 1.807) is 60.7 Å². The maximum Gasteiger partial charge on any atom is 0.332 e. The number of carbonyl (C=O) groups excluding carboxylic acids is 3. The Hall–Kier alpha value is -4.27. The molecule has 4 amide bonds. The summed E-state index contributed by atoms with van der Waals surface area (Å²) in [5.41, 5.74) is 0.937. The second-order valence-electron chi connectivity index (χ2n) is 8.01. The molecule has 9 nitrogen and oxygen atoms in total. The predicted molar refractivity (Wildman–Crippen MR) is 129 cm³/mol. The Morgan fingerprint density at radius 3 is 2.54 bits per heavy atom. The first-order valence-corrected chi connectivity index (χ1v) is 11.3. The van der Waals surface area contributed by atoms with Crippen LogP contribution in [0, 0.1) is 0 Å². The van der Waals surface area contributed by atoms with Crippen molar-refractivity contribution in [2.45, 2.75) is 32.4 Å². The highest BCUT2D eigenvalue weighted by molar-refractivity contribution is 6.22. The molecule has 1 N–H and O–H groups in total. The Morgan fingerprint density at radius 2 is 1.86 bits per heavy atom. The SMILES string of the molecule is CCCOc1ccc(NC(=O)CC2C(=O)N(c3cccc(OC)c3)C(=O)N2Cc2ccco2)cc1. The number of rotatable bonds is 10. The largest absolute Gasteiger partial charge is 0.497 e. The lowest BCUT2D eigenvalue weighted by Gasteiger charge is -2.20. The summed E-state index contributed by atoms with van der Waals surface area (Å²) in [6.07, 6.45) is 2.18. The van der Waals surface area contributed by atoms with Crippen molar-refractivity contribution in [3.63, 3.8) is 0 Å². The Bertz CT molecular complexity index is 1180. The first kappa shape index (κ1) is 23.9. The fraction of sp³-hybridized carbons (Fsp3) is 0.269. The number of amides is 4. The van der Waals surface area contributed by atoms with Gasteiger partial charge in [0.25, 0.3) is 5.91 Å². The van der Waals surface area contributed by atoms with Gasteiger partial charge < -0.3 is 24.1 Å². The Balaban J connectivity index is 1.52. The van der Waals surface area contributed by atoms with E-state index in [4.69, 9.17) is 13.9 Å². The zero-order chi connectivity index (χ0) is 24.8. The molecule has 2 heterocycles. The second-order valence-corrected chi connectivity index (χ2v) is 8.01. The molecule has 35 heavy (non-hydrogen) atoms. The Morgan fingerprint density at radius 1 is 1.06 bits per heavy atom. The molecule has 3 aromatic rings. The van der Waals surface area contributed by atoms with Crippen LogP contribution in [0.3, 0.4) is 0 Å². The molecule has 1 aliphatic heterocycles. The standard InChI is InChI=1S/C26H27N3O6/c1-3-13-34-20-11-9-18(10-12-20)27-24(30)16-23-25(31)29(19-6-4-7-21(15-19)33-2)26(32)28(23)17-22-8-5-14-35-22/h4-12,14-15,23H,3,13,16-17H2,1-2H3,(H,27,30). The summed E-state index contributed by atoms with van der Waals surface area (Å²) in [4.78, 5) is 42.0. The molecule has 1 unspecified atom stereocenters. The van der Waals surface area contributed by atoms with Gasteiger partial charge in [0.15, 0.2) is 0 Å². The van der Waals surface area contributed by atoms with E-state index in [-0.39, 0.29) is 13.0 Å². The van der Waals surface area contributed by atoms with E-state index in [1.165, 1.54) is 18.3 Å². The highest BCUT2D eigenvalue weighted by atomic mass is 16.5. The van der Waals surface area contributed by atoms with Crippen LogP contribution in [0.25, 0.3) is 0 Å². The first-order valence-electron chi connectivity index (χ1n) is 11.3. The van der Waals surface area contributed by atoms with Crippen molar-refractivity contribution in [3.8, 4) is 11.5 Å². The third-order valence-corrected chi connectivity index (χ3v) is 5.53. The minimum Gasteiger partial charge on any atom is -0.497 e. The number of methoxy groups -OCH3 is 1. The van der Waals surface area contributed by atoms with Crippen LogP contribution in [0.4, 0.5) is 16.2 Å². The van der Waals surface area contributed by atoms with Crippen LogP contribution < -0.4 is 19.7 Å². The summed E-state index contributed by atoms with van der Waals surface area (Å²) < 4.78 is 16.2. The average Bonchev–Trinajstić information content (AvgIpc) is 3.46. The maximum atomic E-state index is 13.4. The molecule has 0 radical (unpaired) electrons. The van der Waals surface area contributed by atoms with Gasteiger partial charge in [0.1, 0.15) is 23.3 Å². The minimum atomic E-state index is -0.994. The average molecular weight is 478 g/mol. The molecule has 182 valence electrons. The number of urea groups is 1. The molecule has 4 rings (SSSR count). The molecule has 0 aliphatic carbocycles. The van der Waals surface area contributed by atoms with Gasteiger partial charge in [0.05, 0.1) is 38.6 Å². The van der Waals surface area contributed by atoms with Crippen molar-refractivity contribution in [2.24, 2.45) is 0 Å². The summed E-state index contributed by atoms with van der Waals surface area (Å²) in [5, 5.41) is 2.79. The van der Waals surface area contributed by atoms with Crippen molar-refractivity contribution in [1.82, 2.24) is 4.90 Å². The molecular formula is C26H27N3O6. The predicted octanol–water partition coefficient (Wildman–Crippen LogP) is 4.44. The number of ether oxygens (including phenoxy) is 2. The minimum absolute atomic E-state index is 0.0550. The molecule has 9 heteroatoms. The van der Waals surface area contributed by atoms with Gasteiger partial charge in [-0.1, -0.05) is 13.0 Å². The number of carbonyl (C=O) groups is 3. The van der Waals surface area contributed by atoms with E-state index >= 15 is 0 Å². The molecule has 2 aromatic carbocycles. The molecule has 0 saturated carbocycles. The molecule has 0 spiro atoms. The maximum absolute atomic E-state index is 13.4. The molecule has 1 atom stereocenters. The second kappa shape index (κ2) is 10.8. The number of nitrogens with one attached hydrogen (secondary N) is 1. The van der Waals surface area contributed by atoms with E-state index < -0.39 is 23.9 Å². The number of benzene rings is 2. The highest BCUT2D eigenvalue weighted by Gasteiger charge is 2.47. The van der Waals surface area contributed by atoms with E-state index in [2.05, 4.69) is 5.32 Å². The van der Waals surface area contributed by atoms with Gasteiger partial charge in [-0.2, -0.15) is 0 Å². The van der Waals surface area contributed by atoms with Crippen molar-refractivity contribution in [2.75, 3.05) is 23.9 Å². The number of hydrogen-bond acceptors (Lipinski definition) is 6. The van der Waals surface area contributed by atoms with Gasteiger partial charge in [0, 0.05) is 11.8 Å². The van der Waals surface area contributed by atoms with E-state index in [9.17, 15) is 14.4 Å². The van der Waals surface area contributed by atoms with Crippen LogP contribution in [-0.2, 0) is 16.1 Å². The van der Waals surface area contributed by atoms with E-state index in [0.29, 0.717) is 35.2 Å². The zero-order valence-corrected chi connectivity index (χ0v) is 19.6. The van der Waals surface area contributed by atoms with E-state index in [0.717, 1.165) is 11.3 Å². The van der Waals surface area contributed by atoms with Gasteiger partial charge in [-0.25, -0.2) is 9.69 Å². The summed E-state index contributed by atoms with van der Waals surface area (Å²) in [6, 6.07) is 15.5. The molecule has 1 aromatic heterocycles. The normalized spacial score (nSPS) is 15.4. The number of nitrogens with zero attached hydrogens (tertiary/aromatic N) is 2. The lowest BCUT2D eigenvalue weighted by Crippen LogP contribution is -2.37. The quantitative estimate of drug-likeness (QED) is 0.433. The number of anilines is 2. The number of hydrogen-bond donors (Lipinski definition) is 1. The van der Waals surface area contributed by atoms with Crippen LogP contribution in [0.2, 0.25) is 0 Å². The van der Waals surface area contributed by atoms with Gasteiger partial charge in [-0.15, -0.1) is 0 Å². The molecule has 1 saturated heterocycles. The summed E-state index contributed by atoms with van der Waals surface area (Å²) >= 11 is 0. The summed E-state index contributed by atoms with van der Waals surface area (Å²) in [7, 11) is 1.51. The topological polar surface area (TPSA) is 101 Å². The number of imide groups is 1. The van der Waals surface area contributed by atoms with Crippen LogP contribution in [0.15, 0.2) is 71.3 Å². The van der Waals surface area contributed by atoms with Crippen molar-refractivity contribution in [3.05, 3.63) is 72.7 Å². The number of furan rings is 1. The van der Waals surface area contributed by atoms with Crippen LogP contribution in [0.5, 0.6) is 11.5 Å². The van der Waals surface area contributed by atoms with Crippen LogP contribution in [-0.4, -0.2) is 42.5 Å². The highest BCUT2D eigenvalue weighted by Crippen LogP contribution is 2.30. The van der Waals surface area contributed by atoms with Gasteiger partial charge >= 0.3 is 6.03 Å². The van der Waals surface area contributed by atoms with Crippen LogP contribution >= 0.6 is 0 Å². The fourth-order valence-electron chi connectivity index (χ4n) is 3.81. The fourth-order valence-corrected chi connectivity index (χ4v) is 3.81. The van der Waals surface area contributed by atoms with Crippen molar-refractivity contribution >= 4 is 29.2 Å². The zero-order valence-electron chi connectivity index (χ0n) is 19.6. The third kappa shape index (κ3) is 5.46. The van der Waals surface area contributed by atoms with Crippen LogP contribution in [0.1, 0.15) is 25.5 Å². The molecular weight excluding hydrogens is 450 g/mol. The van der Waals surface area contributed by atoms with Crippen molar-refractivity contribution in [1.29, 1.82) is 0 Å². The summed E-state index contributed by atoms with van der Waals surface area (Å²) in [5.74, 6) is 0.837. The van der Waals surface area contributed by atoms with E-state index in [1.807, 2.05) is 6.92 Å². The summed E-state index contributed by atoms with van der Waals surface area (Å²) in [6.45, 7) is 2.69. The van der Waals surface area contributed by atoms with Crippen molar-refractivity contribution < 1.29 is 28.3 Å². The Labute approximate surface area is 203 Å². The molecule has 0 bridgehead atoms. The smallest absolute Gasteiger partial charge is 0.332 e. The van der Waals surface area contributed by atoms with Gasteiger partial charge in [-0.3, -0.25) is 9.59 Å². The lowest BCUT2D eigenvalue weighted by molar-refractivity contribution is -0.124. The molecule has 1 fully saturated rings. The third-order valence-electron chi connectivity index (χ3n) is 5.53. The molecule has 1 aliphatic rings. The monoisotopic (exact) mass is 477 g/mol. The lowest BCUT2D eigenvalue weighted by atomic mass is 10.1.